The van der Waals surface area contributed by atoms with Gasteiger partial charge in [0.2, 0.25) is 11.8 Å². The second-order valence-electron chi connectivity index (χ2n) is 5.25. The molecule has 4 heteroatoms. The van der Waals surface area contributed by atoms with E-state index in [-0.39, 0.29) is 23.9 Å². The van der Waals surface area contributed by atoms with Gasteiger partial charge in [-0.25, -0.2) is 0 Å². The SMILES string of the molecule is Cc1ccc(C(C)NC2CCC(=O)NC2=O)c(C)c1. The Hall–Kier alpha value is -1.68. The number of amides is 2. The Kier molecular flexibility index (Phi) is 4.00. The van der Waals surface area contributed by atoms with Crippen molar-refractivity contribution >= 4 is 11.8 Å². The molecule has 0 aromatic heterocycles. The van der Waals surface area contributed by atoms with Gasteiger partial charge < -0.3 is 0 Å². The van der Waals surface area contributed by atoms with Crippen LogP contribution in [0.2, 0.25) is 0 Å². The molecular weight excluding hydrogens is 240 g/mol. The average molecular weight is 260 g/mol. The molecule has 0 radical (unpaired) electrons. The zero-order chi connectivity index (χ0) is 14.0. The van der Waals surface area contributed by atoms with Crippen LogP contribution in [0.25, 0.3) is 0 Å². The molecule has 0 spiro atoms. The zero-order valence-corrected chi connectivity index (χ0v) is 11.6. The van der Waals surface area contributed by atoms with Gasteiger partial charge in [-0.05, 0) is 38.3 Å². The predicted octanol–water partition coefficient (Wildman–Crippen LogP) is 1.76. The summed E-state index contributed by atoms with van der Waals surface area (Å²) in [6.45, 7) is 6.18. The van der Waals surface area contributed by atoms with E-state index in [0.29, 0.717) is 12.8 Å². The van der Waals surface area contributed by atoms with E-state index < -0.39 is 0 Å². The lowest BCUT2D eigenvalue weighted by Gasteiger charge is -2.26. The van der Waals surface area contributed by atoms with Crippen LogP contribution in [0.5, 0.6) is 0 Å². The van der Waals surface area contributed by atoms with Gasteiger partial charge in [0.25, 0.3) is 0 Å². The van der Waals surface area contributed by atoms with Crippen molar-refractivity contribution in [3.63, 3.8) is 0 Å². The summed E-state index contributed by atoms with van der Waals surface area (Å²) < 4.78 is 0. The summed E-state index contributed by atoms with van der Waals surface area (Å²) in [5.41, 5.74) is 3.64. The fraction of sp³-hybridized carbons (Fsp3) is 0.467. The molecule has 1 fully saturated rings. The van der Waals surface area contributed by atoms with Crippen LogP contribution in [-0.2, 0) is 9.59 Å². The number of hydrogen-bond donors (Lipinski definition) is 2. The maximum atomic E-state index is 11.7. The van der Waals surface area contributed by atoms with Crippen LogP contribution in [-0.4, -0.2) is 17.9 Å². The average Bonchev–Trinajstić information content (AvgIpc) is 2.32. The molecule has 2 rings (SSSR count). The van der Waals surface area contributed by atoms with Crippen LogP contribution in [0, 0.1) is 13.8 Å². The van der Waals surface area contributed by atoms with Gasteiger partial charge in [-0.15, -0.1) is 0 Å². The van der Waals surface area contributed by atoms with Gasteiger partial charge in [0.1, 0.15) is 0 Å². The largest absolute Gasteiger partial charge is 0.299 e. The van der Waals surface area contributed by atoms with Crippen molar-refractivity contribution < 1.29 is 9.59 Å². The molecule has 0 aliphatic carbocycles. The summed E-state index contributed by atoms with van der Waals surface area (Å²) in [5, 5.41) is 5.67. The van der Waals surface area contributed by atoms with Gasteiger partial charge in [-0.1, -0.05) is 23.8 Å². The minimum atomic E-state index is -0.284. The van der Waals surface area contributed by atoms with E-state index in [1.807, 2.05) is 6.92 Å². The van der Waals surface area contributed by atoms with Crippen molar-refractivity contribution in [2.24, 2.45) is 0 Å². The molecule has 1 heterocycles. The van der Waals surface area contributed by atoms with E-state index >= 15 is 0 Å². The predicted molar refractivity (Wildman–Crippen MR) is 73.6 cm³/mol. The third-order valence-corrected chi connectivity index (χ3v) is 3.58. The van der Waals surface area contributed by atoms with Gasteiger partial charge in [-0.2, -0.15) is 0 Å². The Bertz CT molecular complexity index is 511. The molecule has 1 saturated heterocycles. The number of nitrogens with one attached hydrogen (secondary N) is 2. The Morgan fingerprint density at radius 2 is 2.05 bits per heavy atom. The summed E-state index contributed by atoms with van der Waals surface area (Å²) >= 11 is 0. The molecule has 0 saturated carbocycles. The van der Waals surface area contributed by atoms with E-state index in [2.05, 4.69) is 42.7 Å². The van der Waals surface area contributed by atoms with Gasteiger partial charge >= 0.3 is 0 Å². The highest BCUT2D eigenvalue weighted by Crippen LogP contribution is 2.20. The molecule has 2 amide bonds. The molecule has 4 nitrogen and oxygen atoms in total. The van der Waals surface area contributed by atoms with Crippen LogP contribution >= 0.6 is 0 Å². The summed E-state index contributed by atoms with van der Waals surface area (Å²) in [6.07, 6.45) is 0.975. The molecule has 19 heavy (non-hydrogen) atoms. The zero-order valence-electron chi connectivity index (χ0n) is 11.6. The molecule has 1 aromatic rings. The second-order valence-corrected chi connectivity index (χ2v) is 5.25. The maximum Gasteiger partial charge on any atom is 0.243 e. The van der Waals surface area contributed by atoms with E-state index in [4.69, 9.17) is 0 Å². The van der Waals surface area contributed by atoms with Gasteiger partial charge in [0, 0.05) is 12.5 Å². The Morgan fingerprint density at radius 3 is 2.68 bits per heavy atom. The number of piperidine rings is 1. The monoisotopic (exact) mass is 260 g/mol. The number of carbonyl (C=O) groups excluding carboxylic acids is 2. The molecule has 1 aromatic carbocycles. The van der Waals surface area contributed by atoms with Crippen molar-refractivity contribution in [2.75, 3.05) is 0 Å². The lowest BCUT2D eigenvalue weighted by molar-refractivity contribution is -0.134. The van der Waals surface area contributed by atoms with Crippen molar-refractivity contribution in [3.05, 3.63) is 34.9 Å². The molecule has 0 bridgehead atoms. The van der Waals surface area contributed by atoms with E-state index in [1.54, 1.807) is 0 Å². The first-order valence-corrected chi connectivity index (χ1v) is 6.64. The van der Waals surface area contributed by atoms with Crippen molar-refractivity contribution in [3.8, 4) is 0 Å². The number of benzene rings is 1. The van der Waals surface area contributed by atoms with Gasteiger partial charge in [0.05, 0.1) is 6.04 Å². The van der Waals surface area contributed by atoms with E-state index in [9.17, 15) is 9.59 Å². The van der Waals surface area contributed by atoms with Crippen LogP contribution in [0.3, 0.4) is 0 Å². The lowest BCUT2D eigenvalue weighted by Crippen LogP contribution is -2.51. The molecule has 1 aliphatic rings. The quantitative estimate of drug-likeness (QED) is 0.814. The van der Waals surface area contributed by atoms with Gasteiger partial charge in [0.15, 0.2) is 0 Å². The van der Waals surface area contributed by atoms with Crippen LogP contribution in [0.4, 0.5) is 0 Å². The third-order valence-electron chi connectivity index (χ3n) is 3.58. The molecule has 2 unspecified atom stereocenters. The first-order valence-electron chi connectivity index (χ1n) is 6.64. The molecule has 2 atom stereocenters. The number of imide groups is 1. The third kappa shape index (κ3) is 3.20. The number of aryl methyl sites for hydroxylation is 2. The van der Waals surface area contributed by atoms with Crippen molar-refractivity contribution in [1.29, 1.82) is 0 Å². The summed E-state index contributed by atoms with van der Waals surface area (Å²) in [6, 6.07) is 6.11. The Labute approximate surface area is 113 Å². The van der Waals surface area contributed by atoms with Crippen LogP contribution in [0.15, 0.2) is 18.2 Å². The van der Waals surface area contributed by atoms with Crippen LogP contribution in [0.1, 0.15) is 42.5 Å². The van der Waals surface area contributed by atoms with Crippen molar-refractivity contribution in [1.82, 2.24) is 10.6 Å². The topological polar surface area (TPSA) is 58.2 Å². The molecule has 2 N–H and O–H groups in total. The fourth-order valence-electron chi connectivity index (χ4n) is 2.56. The second kappa shape index (κ2) is 5.53. The van der Waals surface area contributed by atoms with E-state index in [0.717, 1.165) is 0 Å². The first-order chi connectivity index (χ1) is 8.97. The van der Waals surface area contributed by atoms with Crippen molar-refractivity contribution in [2.45, 2.75) is 45.7 Å². The molecular formula is C15H20N2O2. The highest BCUT2D eigenvalue weighted by Gasteiger charge is 2.27. The highest BCUT2D eigenvalue weighted by atomic mass is 16.2. The minimum absolute atomic E-state index is 0.0875. The fourth-order valence-corrected chi connectivity index (χ4v) is 2.56. The molecule has 1 aliphatic heterocycles. The molecule has 102 valence electrons. The standard InChI is InChI=1S/C15H20N2O2/c1-9-4-5-12(10(2)8-9)11(3)16-13-6-7-14(18)17-15(13)19/h4-5,8,11,13,16H,6-7H2,1-3H3,(H,17,18,19). The number of rotatable bonds is 3. The minimum Gasteiger partial charge on any atom is -0.299 e. The highest BCUT2D eigenvalue weighted by molar-refractivity contribution is 6.00. The smallest absolute Gasteiger partial charge is 0.243 e. The summed E-state index contributed by atoms with van der Waals surface area (Å²) in [7, 11) is 0. The number of hydrogen-bond acceptors (Lipinski definition) is 3. The maximum absolute atomic E-state index is 11.7. The number of carbonyl (C=O) groups is 2. The Morgan fingerprint density at radius 1 is 1.32 bits per heavy atom. The summed E-state index contributed by atoms with van der Waals surface area (Å²) in [4.78, 5) is 22.8. The normalized spacial score (nSPS) is 21.1. The Balaban J connectivity index is 2.06. The van der Waals surface area contributed by atoms with Crippen LogP contribution < -0.4 is 10.6 Å². The lowest BCUT2D eigenvalue weighted by atomic mass is 9.98. The van der Waals surface area contributed by atoms with E-state index in [1.165, 1.54) is 16.7 Å². The van der Waals surface area contributed by atoms with Gasteiger partial charge in [-0.3, -0.25) is 20.2 Å². The first kappa shape index (κ1) is 13.7. The summed E-state index contributed by atoms with van der Waals surface area (Å²) in [5.74, 6) is -0.393.